The highest BCUT2D eigenvalue weighted by Crippen LogP contribution is 2.30. The number of alkyl halides is 3. The number of benzene rings is 2. The first-order chi connectivity index (χ1) is 10.4. The molecule has 0 N–H and O–H groups in total. The molecule has 0 amide bonds. The number of halogens is 3. The Morgan fingerprint density at radius 3 is 2.14 bits per heavy atom. The molecule has 0 aliphatic carbocycles. The Kier molecular flexibility index (Phi) is 3.40. The second-order valence-electron chi connectivity index (χ2n) is 4.81. The monoisotopic (exact) mass is 304 g/mol. The molecule has 1 heterocycles. The van der Waals surface area contributed by atoms with E-state index in [4.69, 9.17) is 0 Å². The van der Waals surface area contributed by atoms with Crippen LogP contribution in [-0.4, -0.2) is 20.2 Å². The summed E-state index contributed by atoms with van der Waals surface area (Å²) in [5, 5.41) is 12.0. The van der Waals surface area contributed by atoms with E-state index in [0.29, 0.717) is 5.56 Å². The predicted octanol–water partition coefficient (Wildman–Crippen LogP) is 3.66. The van der Waals surface area contributed by atoms with E-state index >= 15 is 0 Å². The van der Waals surface area contributed by atoms with E-state index < -0.39 is 11.7 Å². The van der Waals surface area contributed by atoms with Gasteiger partial charge in [0.25, 0.3) is 0 Å². The van der Waals surface area contributed by atoms with Crippen molar-refractivity contribution in [2.24, 2.45) is 0 Å². The van der Waals surface area contributed by atoms with Gasteiger partial charge in [-0.1, -0.05) is 29.8 Å². The minimum atomic E-state index is -4.36. The minimum absolute atomic E-state index is 0.272. The molecule has 0 spiro atoms. The lowest BCUT2D eigenvalue weighted by Crippen LogP contribution is -2.04. The van der Waals surface area contributed by atoms with Crippen molar-refractivity contribution in [3.63, 3.8) is 0 Å². The molecule has 2 aromatic carbocycles. The average molecular weight is 304 g/mol. The van der Waals surface area contributed by atoms with E-state index in [1.54, 1.807) is 0 Å². The van der Waals surface area contributed by atoms with Crippen LogP contribution in [-0.2, 0) is 6.18 Å². The van der Waals surface area contributed by atoms with Gasteiger partial charge >= 0.3 is 6.18 Å². The predicted molar refractivity (Wildman–Crippen MR) is 74.3 cm³/mol. The van der Waals surface area contributed by atoms with Crippen LogP contribution >= 0.6 is 0 Å². The third-order valence-electron chi connectivity index (χ3n) is 3.15. The van der Waals surface area contributed by atoms with Gasteiger partial charge in [-0.2, -0.15) is 13.2 Å². The summed E-state index contributed by atoms with van der Waals surface area (Å²) in [6, 6.07) is 12.2. The fraction of sp³-hybridized carbons (Fsp3) is 0.133. The van der Waals surface area contributed by atoms with E-state index in [-0.39, 0.29) is 5.82 Å². The molecule has 4 nitrogen and oxygen atoms in total. The van der Waals surface area contributed by atoms with Gasteiger partial charge in [-0.15, -0.1) is 15.0 Å². The van der Waals surface area contributed by atoms with E-state index in [1.807, 2.05) is 31.2 Å². The topological polar surface area (TPSA) is 43.6 Å². The molecular formula is C15H11F3N4. The highest BCUT2D eigenvalue weighted by molar-refractivity contribution is 5.54. The molecule has 1 aromatic heterocycles. The van der Waals surface area contributed by atoms with Crippen molar-refractivity contribution in [2.45, 2.75) is 13.1 Å². The van der Waals surface area contributed by atoms with E-state index in [9.17, 15) is 13.2 Å². The summed E-state index contributed by atoms with van der Waals surface area (Å²) in [6.45, 7) is 1.96. The Labute approximate surface area is 124 Å². The fourth-order valence-electron chi connectivity index (χ4n) is 1.93. The first kappa shape index (κ1) is 14.2. The van der Waals surface area contributed by atoms with Gasteiger partial charge in [-0.05, 0) is 36.4 Å². The van der Waals surface area contributed by atoms with E-state index in [2.05, 4.69) is 15.4 Å². The number of aromatic nitrogens is 4. The van der Waals surface area contributed by atoms with Gasteiger partial charge in [0.2, 0.25) is 5.82 Å². The van der Waals surface area contributed by atoms with Crippen LogP contribution in [0.1, 0.15) is 11.1 Å². The summed E-state index contributed by atoms with van der Waals surface area (Å²) in [5.74, 6) is 0.272. The lowest BCUT2D eigenvalue weighted by molar-refractivity contribution is -0.137. The Morgan fingerprint density at radius 1 is 0.909 bits per heavy atom. The molecule has 0 aliphatic heterocycles. The van der Waals surface area contributed by atoms with Crippen molar-refractivity contribution >= 4 is 0 Å². The van der Waals surface area contributed by atoms with Gasteiger partial charge in [0.05, 0.1) is 11.3 Å². The average Bonchev–Trinajstić information content (AvgIpc) is 2.97. The largest absolute Gasteiger partial charge is 0.416 e. The number of rotatable bonds is 2. The van der Waals surface area contributed by atoms with Gasteiger partial charge < -0.3 is 0 Å². The second-order valence-corrected chi connectivity index (χ2v) is 4.81. The Hall–Kier alpha value is -2.70. The Bertz CT molecular complexity index is 774. The maximum absolute atomic E-state index is 12.5. The van der Waals surface area contributed by atoms with Crippen molar-refractivity contribution in [1.29, 1.82) is 0 Å². The van der Waals surface area contributed by atoms with Crippen LogP contribution in [0.3, 0.4) is 0 Å². The summed E-state index contributed by atoms with van der Waals surface area (Å²) < 4.78 is 37.6. The molecule has 0 aliphatic rings. The zero-order valence-electron chi connectivity index (χ0n) is 11.5. The fourth-order valence-corrected chi connectivity index (χ4v) is 1.93. The van der Waals surface area contributed by atoms with Crippen LogP contribution in [0.15, 0.2) is 48.5 Å². The molecule has 0 fully saturated rings. The quantitative estimate of drug-likeness (QED) is 0.725. The summed E-state index contributed by atoms with van der Waals surface area (Å²) in [6.07, 6.45) is -4.36. The maximum atomic E-state index is 12.5. The maximum Gasteiger partial charge on any atom is 0.416 e. The van der Waals surface area contributed by atoms with Crippen molar-refractivity contribution < 1.29 is 13.2 Å². The van der Waals surface area contributed by atoms with Crippen molar-refractivity contribution in [2.75, 3.05) is 0 Å². The smallest absolute Gasteiger partial charge is 0.166 e. The van der Waals surface area contributed by atoms with Crippen molar-refractivity contribution in [3.05, 3.63) is 59.7 Å². The lowest BCUT2D eigenvalue weighted by Gasteiger charge is -2.05. The number of tetrazole rings is 1. The van der Waals surface area contributed by atoms with E-state index in [0.717, 1.165) is 23.4 Å². The van der Waals surface area contributed by atoms with Gasteiger partial charge in [0, 0.05) is 5.56 Å². The van der Waals surface area contributed by atoms with Crippen molar-refractivity contribution in [1.82, 2.24) is 20.2 Å². The summed E-state index contributed by atoms with van der Waals surface area (Å²) in [5.41, 5.74) is 1.61. The van der Waals surface area contributed by atoms with Gasteiger partial charge in [-0.3, -0.25) is 0 Å². The first-order valence-corrected chi connectivity index (χ1v) is 6.48. The van der Waals surface area contributed by atoms with Crippen LogP contribution in [0.4, 0.5) is 13.2 Å². The molecule has 112 valence electrons. The standard InChI is InChI=1S/C15H11F3N4/c1-10-2-8-13(9-3-10)22-20-14(19-21-22)11-4-6-12(7-5-11)15(16,17)18/h2-9H,1H3. The van der Waals surface area contributed by atoms with Crippen molar-refractivity contribution in [3.8, 4) is 17.1 Å². The van der Waals surface area contributed by atoms with E-state index in [1.165, 1.54) is 16.9 Å². The number of hydrogen-bond acceptors (Lipinski definition) is 3. The highest BCUT2D eigenvalue weighted by Gasteiger charge is 2.30. The SMILES string of the molecule is Cc1ccc(-n2nnc(-c3ccc(C(F)(F)F)cc3)n2)cc1. The van der Waals surface area contributed by atoms with Crippen LogP contribution in [0.25, 0.3) is 17.1 Å². The van der Waals surface area contributed by atoms with Crippen LogP contribution in [0.2, 0.25) is 0 Å². The number of aryl methyl sites for hydroxylation is 1. The molecule has 22 heavy (non-hydrogen) atoms. The molecule has 0 saturated carbocycles. The molecule has 0 atom stereocenters. The van der Waals surface area contributed by atoms with Gasteiger partial charge in [0.15, 0.2) is 0 Å². The third kappa shape index (κ3) is 2.83. The van der Waals surface area contributed by atoms with Crippen LogP contribution in [0, 0.1) is 6.92 Å². The zero-order chi connectivity index (χ0) is 15.7. The molecule has 0 saturated heterocycles. The molecule has 3 rings (SSSR count). The summed E-state index contributed by atoms with van der Waals surface area (Å²) >= 11 is 0. The van der Waals surface area contributed by atoms with Gasteiger partial charge in [-0.25, -0.2) is 0 Å². The van der Waals surface area contributed by atoms with Gasteiger partial charge in [0.1, 0.15) is 0 Å². The number of nitrogens with zero attached hydrogens (tertiary/aromatic N) is 4. The van der Waals surface area contributed by atoms with Crippen LogP contribution in [0.5, 0.6) is 0 Å². The molecule has 0 radical (unpaired) electrons. The third-order valence-corrected chi connectivity index (χ3v) is 3.15. The minimum Gasteiger partial charge on any atom is -0.166 e. The summed E-state index contributed by atoms with van der Waals surface area (Å²) in [4.78, 5) is 1.34. The molecule has 7 heteroatoms. The Morgan fingerprint density at radius 2 is 1.55 bits per heavy atom. The normalized spacial score (nSPS) is 11.6. The zero-order valence-corrected chi connectivity index (χ0v) is 11.5. The molecule has 3 aromatic rings. The molecule has 0 unspecified atom stereocenters. The lowest BCUT2D eigenvalue weighted by atomic mass is 10.1. The Balaban J connectivity index is 1.89. The second kappa shape index (κ2) is 5.25. The first-order valence-electron chi connectivity index (χ1n) is 6.48. The molecule has 0 bridgehead atoms. The van der Waals surface area contributed by atoms with Crippen LogP contribution < -0.4 is 0 Å². The molecular weight excluding hydrogens is 293 g/mol. The highest BCUT2D eigenvalue weighted by atomic mass is 19.4. The number of hydrogen-bond donors (Lipinski definition) is 0. The summed E-state index contributed by atoms with van der Waals surface area (Å²) in [7, 11) is 0.